The van der Waals surface area contributed by atoms with Gasteiger partial charge in [0.05, 0.1) is 0 Å². The zero-order valence-corrected chi connectivity index (χ0v) is 13.0. The van der Waals surface area contributed by atoms with Crippen LogP contribution in [0.25, 0.3) is 0 Å². The van der Waals surface area contributed by atoms with Crippen LogP contribution in [-0.4, -0.2) is 25.1 Å². The molecule has 3 N–H and O–H groups in total. The maximum absolute atomic E-state index is 11.7. The van der Waals surface area contributed by atoms with Crippen molar-refractivity contribution in [3.05, 3.63) is 29.8 Å². The van der Waals surface area contributed by atoms with Gasteiger partial charge in [-0.05, 0) is 25.5 Å². The fourth-order valence-corrected chi connectivity index (χ4v) is 1.75. The first-order chi connectivity index (χ1) is 9.15. The summed E-state index contributed by atoms with van der Waals surface area (Å²) in [5.74, 6) is 0.589. The molecule has 0 aliphatic carbocycles. The third-order valence-electron chi connectivity index (χ3n) is 2.95. The van der Waals surface area contributed by atoms with Crippen LogP contribution in [0.4, 0.5) is 0 Å². The van der Waals surface area contributed by atoms with Crippen LogP contribution in [0, 0.1) is 6.92 Å². The van der Waals surface area contributed by atoms with E-state index < -0.39 is 0 Å². The molecule has 0 radical (unpaired) electrons. The Hall–Kier alpha value is -1.26. The van der Waals surface area contributed by atoms with Crippen LogP contribution in [0.5, 0.6) is 5.75 Å². The molecule has 1 rings (SSSR count). The first-order valence-corrected chi connectivity index (χ1v) is 6.84. The number of rotatable bonds is 8. The van der Waals surface area contributed by atoms with Gasteiger partial charge in [-0.25, -0.2) is 0 Å². The molecule has 0 saturated carbocycles. The quantitative estimate of drug-likeness (QED) is 0.775. The number of amides is 1. The average Bonchev–Trinajstić information content (AvgIpc) is 2.42. The molecule has 1 aromatic rings. The fraction of sp³-hybridized carbons (Fsp3) is 0.533. The van der Waals surface area contributed by atoms with Crippen LogP contribution in [0.2, 0.25) is 0 Å². The molecule has 0 heterocycles. The lowest BCUT2D eigenvalue weighted by atomic mass is 10.1. The summed E-state index contributed by atoms with van der Waals surface area (Å²) in [5, 5.41) is 2.89. The first kappa shape index (κ1) is 18.7. The molecule has 0 fully saturated rings. The minimum atomic E-state index is -0.118. The van der Waals surface area contributed by atoms with Gasteiger partial charge in [-0.2, -0.15) is 0 Å². The smallest absolute Gasteiger partial charge is 0.258 e. The largest absolute Gasteiger partial charge is 0.484 e. The number of hydrogen-bond donors (Lipinski definition) is 2. The molecule has 1 aromatic carbocycles. The van der Waals surface area contributed by atoms with Gasteiger partial charge in [0.15, 0.2) is 6.61 Å². The molecule has 5 heteroatoms. The third kappa shape index (κ3) is 7.36. The van der Waals surface area contributed by atoms with E-state index in [-0.39, 0.29) is 31.0 Å². The molecule has 0 aliphatic heterocycles. The average molecular weight is 301 g/mol. The van der Waals surface area contributed by atoms with Gasteiger partial charge in [-0.15, -0.1) is 12.4 Å². The van der Waals surface area contributed by atoms with Gasteiger partial charge < -0.3 is 15.8 Å². The summed E-state index contributed by atoms with van der Waals surface area (Å²) in [6.07, 6.45) is 3.09. The predicted octanol–water partition coefficient (Wildman–Crippen LogP) is 2.43. The maximum atomic E-state index is 11.7. The van der Waals surface area contributed by atoms with Crippen molar-refractivity contribution in [1.82, 2.24) is 5.32 Å². The Balaban J connectivity index is 0.00000361. The Morgan fingerprint density at radius 3 is 2.55 bits per heavy atom. The Bertz CT molecular complexity index is 382. The van der Waals surface area contributed by atoms with Crippen molar-refractivity contribution in [3.8, 4) is 5.75 Å². The third-order valence-corrected chi connectivity index (χ3v) is 2.95. The number of nitrogens with one attached hydrogen (secondary N) is 1. The highest BCUT2D eigenvalue weighted by Gasteiger charge is 2.10. The highest BCUT2D eigenvalue weighted by molar-refractivity contribution is 5.85. The lowest BCUT2D eigenvalue weighted by Crippen LogP contribution is -2.42. The molecule has 0 aliphatic rings. The number of benzene rings is 1. The van der Waals surface area contributed by atoms with Gasteiger partial charge >= 0.3 is 0 Å². The van der Waals surface area contributed by atoms with E-state index in [4.69, 9.17) is 10.5 Å². The summed E-state index contributed by atoms with van der Waals surface area (Å²) in [5.41, 5.74) is 6.80. The van der Waals surface area contributed by atoms with Crippen LogP contribution in [0.15, 0.2) is 24.3 Å². The summed E-state index contributed by atoms with van der Waals surface area (Å²) < 4.78 is 5.42. The van der Waals surface area contributed by atoms with Crippen molar-refractivity contribution in [2.45, 2.75) is 39.2 Å². The minimum Gasteiger partial charge on any atom is -0.484 e. The van der Waals surface area contributed by atoms with Gasteiger partial charge in [-0.3, -0.25) is 4.79 Å². The second-order valence-electron chi connectivity index (χ2n) is 4.74. The van der Waals surface area contributed by atoms with Crippen molar-refractivity contribution in [2.24, 2.45) is 5.73 Å². The van der Waals surface area contributed by atoms with Gasteiger partial charge in [-0.1, -0.05) is 37.5 Å². The second-order valence-corrected chi connectivity index (χ2v) is 4.74. The topological polar surface area (TPSA) is 64.3 Å². The van der Waals surface area contributed by atoms with Crippen molar-refractivity contribution in [2.75, 3.05) is 13.2 Å². The summed E-state index contributed by atoms with van der Waals surface area (Å²) >= 11 is 0. The monoisotopic (exact) mass is 300 g/mol. The highest BCUT2D eigenvalue weighted by atomic mass is 35.5. The van der Waals surface area contributed by atoms with E-state index >= 15 is 0 Å². The predicted molar refractivity (Wildman–Crippen MR) is 84.4 cm³/mol. The van der Waals surface area contributed by atoms with Crippen molar-refractivity contribution < 1.29 is 9.53 Å². The van der Waals surface area contributed by atoms with Crippen molar-refractivity contribution in [3.63, 3.8) is 0 Å². The van der Waals surface area contributed by atoms with Gasteiger partial charge in [0, 0.05) is 12.6 Å². The molecule has 114 valence electrons. The van der Waals surface area contributed by atoms with E-state index in [0.29, 0.717) is 12.3 Å². The molecular formula is C15H25ClN2O2. The molecular weight excluding hydrogens is 276 g/mol. The standard InChI is InChI=1S/C15H24N2O2.ClH/c1-3-4-5-13(10-16)17-15(18)11-19-14-8-6-12(2)7-9-14;/h6-9,13H,3-5,10-11,16H2,1-2H3,(H,17,18);1H. The van der Waals surface area contributed by atoms with E-state index in [1.54, 1.807) is 0 Å². The number of unbranched alkanes of at least 4 members (excludes halogenated alkanes) is 1. The van der Waals surface area contributed by atoms with E-state index in [1.807, 2.05) is 31.2 Å². The van der Waals surface area contributed by atoms with E-state index in [9.17, 15) is 4.79 Å². The van der Waals surface area contributed by atoms with Crippen LogP contribution in [0.3, 0.4) is 0 Å². The Kier molecular flexibility index (Phi) is 9.86. The molecule has 0 spiro atoms. The molecule has 4 nitrogen and oxygen atoms in total. The van der Waals surface area contributed by atoms with E-state index in [0.717, 1.165) is 19.3 Å². The molecule has 20 heavy (non-hydrogen) atoms. The zero-order valence-electron chi connectivity index (χ0n) is 12.2. The molecule has 1 unspecified atom stereocenters. The molecule has 0 saturated heterocycles. The van der Waals surface area contributed by atoms with Crippen LogP contribution in [0.1, 0.15) is 31.7 Å². The Labute approximate surface area is 127 Å². The molecule has 0 aromatic heterocycles. The number of nitrogens with two attached hydrogens (primary N) is 1. The number of halogens is 1. The number of ether oxygens (including phenoxy) is 1. The van der Waals surface area contributed by atoms with Gasteiger partial charge in [0.1, 0.15) is 5.75 Å². The highest BCUT2D eigenvalue weighted by Crippen LogP contribution is 2.11. The summed E-state index contributed by atoms with van der Waals surface area (Å²) in [6, 6.07) is 7.68. The number of carbonyl (C=O) groups excluding carboxylic acids is 1. The van der Waals surface area contributed by atoms with Crippen LogP contribution in [-0.2, 0) is 4.79 Å². The summed E-state index contributed by atoms with van der Waals surface area (Å²) in [7, 11) is 0. The molecule has 1 atom stereocenters. The molecule has 1 amide bonds. The molecule has 0 bridgehead atoms. The normalized spacial score (nSPS) is 11.3. The van der Waals surface area contributed by atoms with Gasteiger partial charge in [0.2, 0.25) is 0 Å². The second kappa shape index (κ2) is 10.5. The lowest BCUT2D eigenvalue weighted by molar-refractivity contribution is -0.123. The lowest BCUT2D eigenvalue weighted by Gasteiger charge is -2.16. The summed E-state index contributed by atoms with van der Waals surface area (Å²) in [4.78, 5) is 11.7. The summed E-state index contributed by atoms with van der Waals surface area (Å²) in [6.45, 7) is 4.63. The first-order valence-electron chi connectivity index (χ1n) is 6.84. The van der Waals surface area contributed by atoms with E-state index in [2.05, 4.69) is 12.2 Å². The number of carbonyl (C=O) groups is 1. The van der Waals surface area contributed by atoms with Gasteiger partial charge in [0.25, 0.3) is 5.91 Å². The fourth-order valence-electron chi connectivity index (χ4n) is 1.75. The van der Waals surface area contributed by atoms with Crippen molar-refractivity contribution in [1.29, 1.82) is 0 Å². The van der Waals surface area contributed by atoms with Crippen LogP contribution >= 0.6 is 12.4 Å². The Morgan fingerprint density at radius 1 is 1.35 bits per heavy atom. The maximum Gasteiger partial charge on any atom is 0.258 e. The number of hydrogen-bond acceptors (Lipinski definition) is 3. The number of aryl methyl sites for hydroxylation is 1. The van der Waals surface area contributed by atoms with E-state index in [1.165, 1.54) is 5.56 Å². The Morgan fingerprint density at radius 2 is 2.00 bits per heavy atom. The minimum absolute atomic E-state index is 0. The van der Waals surface area contributed by atoms with Crippen molar-refractivity contribution >= 4 is 18.3 Å². The zero-order chi connectivity index (χ0) is 14.1. The SMILES string of the molecule is CCCCC(CN)NC(=O)COc1ccc(C)cc1.Cl. The van der Waals surface area contributed by atoms with Crippen LogP contribution < -0.4 is 15.8 Å².